The molecule has 0 aliphatic carbocycles. The number of amides is 2. The predicted octanol–water partition coefficient (Wildman–Crippen LogP) is 2.41. The first kappa shape index (κ1) is 18.1. The summed E-state index contributed by atoms with van der Waals surface area (Å²) in [4.78, 5) is 36.4. The van der Waals surface area contributed by atoms with Crippen LogP contribution in [-0.4, -0.2) is 27.4 Å². The van der Waals surface area contributed by atoms with E-state index in [4.69, 9.17) is 5.73 Å². The zero-order chi connectivity index (χ0) is 19.6. The monoisotopic (exact) mass is 362 g/mol. The number of hydrogen-bond donors (Lipinski definition) is 2. The molecule has 2 amide bonds. The third-order valence-electron chi connectivity index (χ3n) is 4.13. The number of nitrogens with one attached hydrogen (secondary N) is 1. The Balaban J connectivity index is 1.88. The minimum atomic E-state index is -0.810. The number of hydrogen-bond acceptors (Lipinski definition) is 4. The van der Waals surface area contributed by atoms with Gasteiger partial charge in [-0.15, -0.1) is 0 Å². The molecular formula is C20H18N4O3. The third-order valence-corrected chi connectivity index (χ3v) is 4.13. The van der Waals surface area contributed by atoms with Gasteiger partial charge in [0.1, 0.15) is 0 Å². The van der Waals surface area contributed by atoms with Crippen LogP contribution in [0, 0.1) is 13.8 Å². The zero-order valence-electron chi connectivity index (χ0n) is 14.9. The topological polar surface area (TPSA) is 107 Å². The van der Waals surface area contributed by atoms with Crippen LogP contribution in [0.25, 0.3) is 5.69 Å². The first-order chi connectivity index (χ1) is 12.9. The molecule has 0 saturated heterocycles. The summed E-state index contributed by atoms with van der Waals surface area (Å²) in [5.74, 6) is -2.12. The largest absolute Gasteiger partial charge is 0.366 e. The molecule has 1 heterocycles. The molecule has 0 radical (unpaired) electrons. The van der Waals surface area contributed by atoms with Crippen molar-refractivity contribution >= 4 is 23.3 Å². The van der Waals surface area contributed by atoms with Gasteiger partial charge in [-0.2, -0.15) is 5.10 Å². The number of benzene rings is 2. The van der Waals surface area contributed by atoms with Crippen molar-refractivity contribution in [2.75, 3.05) is 5.32 Å². The lowest BCUT2D eigenvalue weighted by molar-refractivity contribution is -0.112. The van der Waals surface area contributed by atoms with Crippen LogP contribution in [0.1, 0.15) is 32.1 Å². The highest BCUT2D eigenvalue weighted by atomic mass is 16.2. The van der Waals surface area contributed by atoms with Gasteiger partial charge in [-0.25, -0.2) is 4.68 Å². The summed E-state index contributed by atoms with van der Waals surface area (Å²) in [6.07, 6.45) is 0. The first-order valence-corrected chi connectivity index (χ1v) is 8.25. The number of anilines is 1. The van der Waals surface area contributed by atoms with Gasteiger partial charge in [0.15, 0.2) is 0 Å². The molecule has 3 aromatic rings. The second-order valence-corrected chi connectivity index (χ2v) is 6.02. The number of carbonyl (C=O) groups is 3. The average Bonchev–Trinajstić information content (AvgIpc) is 2.96. The lowest BCUT2D eigenvalue weighted by atomic mass is 10.1. The quantitative estimate of drug-likeness (QED) is 0.537. The Bertz CT molecular complexity index is 1040. The molecule has 3 N–H and O–H groups in total. The number of carbonyl (C=O) groups excluding carboxylic acids is 3. The highest BCUT2D eigenvalue weighted by Crippen LogP contribution is 2.19. The molecule has 0 unspecified atom stereocenters. The van der Waals surface area contributed by atoms with Gasteiger partial charge in [0, 0.05) is 11.3 Å². The standard InChI is InChI=1S/C20H18N4O3/c1-12-17(13(2)24(23-12)16-9-4-3-5-10-16)18(25)20(27)22-15-8-6-7-14(11-15)19(21)26/h3-11H,1-2H3,(H2,21,26)(H,22,27). The van der Waals surface area contributed by atoms with Crippen molar-refractivity contribution in [2.45, 2.75) is 13.8 Å². The van der Waals surface area contributed by atoms with E-state index in [9.17, 15) is 14.4 Å². The van der Waals surface area contributed by atoms with Crippen molar-refractivity contribution in [3.63, 3.8) is 0 Å². The maximum atomic E-state index is 12.7. The van der Waals surface area contributed by atoms with E-state index in [1.807, 2.05) is 30.3 Å². The molecule has 136 valence electrons. The summed E-state index contributed by atoms with van der Waals surface area (Å²) in [7, 11) is 0. The molecule has 0 atom stereocenters. The zero-order valence-corrected chi connectivity index (χ0v) is 14.9. The molecule has 3 rings (SSSR count). The Morgan fingerprint density at radius 2 is 1.70 bits per heavy atom. The molecule has 2 aromatic carbocycles. The number of primary amides is 1. The van der Waals surface area contributed by atoms with Crippen LogP contribution in [0.4, 0.5) is 5.69 Å². The molecule has 1 aromatic heterocycles. The highest BCUT2D eigenvalue weighted by molar-refractivity contribution is 6.47. The third kappa shape index (κ3) is 3.62. The second kappa shape index (κ2) is 7.25. The molecule has 0 aliphatic rings. The number of aromatic nitrogens is 2. The van der Waals surface area contributed by atoms with Crippen molar-refractivity contribution < 1.29 is 14.4 Å². The average molecular weight is 362 g/mol. The molecule has 7 heteroatoms. The van der Waals surface area contributed by atoms with Crippen LogP contribution >= 0.6 is 0 Å². The van der Waals surface area contributed by atoms with Gasteiger partial charge < -0.3 is 11.1 Å². The number of ketones is 1. The minimum Gasteiger partial charge on any atom is -0.366 e. The Kier molecular flexibility index (Phi) is 4.85. The van der Waals surface area contributed by atoms with Gasteiger partial charge in [-0.3, -0.25) is 14.4 Å². The predicted molar refractivity (Wildman–Crippen MR) is 101 cm³/mol. The molecule has 0 spiro atoms. The molecular weight excluding hydrogens is 344 g/mol. The molecule has 27 heavy (non-hydrogen) atoms. The van der Waals surface area contributed by atoms with Gasteiger partial charge in [-0.1, -0.05) is 24.3 Å². The first-order valence-electron chi connectivity index (χ1n) is 8.25. The maximum Gasteiger partial charge on any atom is 0.296 e. The second-order valence-electron chi connectivity index (χ2n) is 6.02. The van der Waals surface area contributed by atoms with Crippen LogP contribution in [0.3, 0.4) is 0 Å². The van der Waals surface area contributed by atoms with E-state index in [1.54, 1.807) is 30.7 Å². The number of nitrogens with two attached hydrogens (primary N) is 1. The fraction of sp³-hybridized carbons (Fsp3) is 0.100. The number of Topliss-reactive ketones (excluding diaryl/α,β-unsaturated/α-hetero) is 1. The molecule has 0 fully saturated rings. The Labute approximate surface area is 155 Å². The Morgan fingerprint density at radius 3 is 2.37 bits per heavy atom. The number of aryl methyl sites for hydroxylation is 1. The molecule has 7 nitrogen and oxygen atoms in total. The van der Waals surface area contributed by atoms with Gasteiger partial charge >= 0.3 is 0 Å². The highest BCUT2D eigenvalue weighted by Gasteiger charge is 2.25. The van der Waals surface area contributed by atoms with Crippen molar-refractivity contribution in [3.8, 4) is 5.69 Å². The van der Waals surface area contributed by atoms with Crippen molar-refractivity contribution in [1.29, 1.82) is 0 Å². The number of para-hydroxylation sites is 1. The number of nitrogens with zero attached hydrogens (tertiary/aromatic N) is 2. The van der Waals surface area contributed by atoms with Gasteiger partial charge in [0.25, 0.3) is 11.7 Å². The van der Waals surface area contributed by atoms with E-state index >= 15 is 0 Å². The molecule has 0 aliphatic heterocycles. The summed E-state index contributed by atoms with van der Waals surface area (Å²) in [5, 5.41) is 6.89. The summed E-state index contributed by atoms with van der Waals surface area (Å²) in [6.45, 7) is 3.42. The summed E-state index contributed by atoms with van der Waals surface area (Å²) >= 11 is 0. The Morgan fingerprint density at radius 1 is 1.00 bits per heavy atom. The minimum absolute atomic E-state index is 0.240. The van der Waals surface area contributed by atoms with Crippen LogP contribution in [0.5, 0.6) is 0 Å². The van der Waals surface area contributed by atoms with Gasteiger partial charge in [0.05, 0.1) is 22.6 Å². The van der Waals surface area contributed by atoms with E-state index in [0.29, 0.717) is 17.1 Å². The van der Waals surface area contributed by atoms with E-state index in [1.165, 1.54) is 12.1 Å². The maximum absolute atomic E-state index is 12.7. The van der Waals surface area contributed by atoms with E-state index in [0.717, 1.165) is 5.69 Å². The smallest absolute Gasteiger partial charge is 0.296 e. The van der Waals surface area contributed by atoms with Crippen LogP contribution < -0.4 is 11.1 Å². The lowest BCUT2D eigenvalue weighted by Gasteiger charge is -2.07. The van der Waals surface area contributed by atoms with Crippen molar-refractivity contribution in [3.05, 3.63) is 77.1 Å². The lowest BCUT2D eigenvalue weighted by Crippen LogP contribution is -2.24. The Hall–Kier alpha value is -3.74. The SMILES string of the molecule is Cc1nn(-c2ccccc2)c(C)c1C(=O)C(=O)Nc1cccc(C(N)=O)c1. The van der Waals surface area contributed by atoms with Gasteiger partial charge in [0.2, 0.25) is 5.91 Å². The van der Waals surface area contributed by atoms with Gasteiger partial charge in [-0.05, 0) is 44.2 Å². The van der Waals surface area contributed by atoms with Crippen LogP contribution in [0.2, 0.25) is 0 Å². The summed E-state index contributed by atoms with van der Waals surface area (Å²) in [6, 6.07) is 15.4. The van der Waals surface area contributed by atoms with E-state index in [-0.39, 0.29) is 11.1 Å². The fourth-order valence-corrected chi connectivity index (χ4v) is 2.84. The van der Waals surface area contributed by atoms with Crippen molar-refractivity contribution in [1.82, 2.24) is 9.78 Å². The van der Waals surface area contributed by atoms with E-state index < -0.39 is 17.6 Å². The van der Waals surface area contributed by atoms with Crippen molar-refractivity contribution in [2.24, 2.45) is 5.73 Å². The van der Waals surface area contributed by atoms with Crippen LogP contribution in [-0.2, 0) is 4.79 Å². The fourth-order valence-electron chi connectivity index (χ4n) is 2.84. The van der Waals surface area contributed by atoms with Crippen LogP contribution in [0.15, 0.2) is 54.6 Å². The molecule has 0 bridgehead atoms. The normalized spacial score (nSPS) is 10.4. The number of rotatable bonds is 5. The summed E-state index contributed by atoms with van der Waals surface area (Å²) in [5.41, 5.74) is 7.87. The summed E-state index contributed by atoms with van der Waals surface area (Å²) < 4.78 is 1.63. The van der Waals surface area contributed by atoms with E-state index in [2.05, 4.69) is 10.4 Å². The molecule has 0 saturated carbocycles.